The first-order valence-electron chi connectivity index (χ1n) is 4.46. The van der Waals surface area contributed by atoms with E-state index in [-0.39, 0.29) is 5.91 Å². The summed E-state index contributed by atoms with van der Waals surface area (Å²) in [6.45, 7) is 0. The lowest BCUT2D eigenvalue weighted by atomic mass is 10.0. The van der Waals surface area contributed by atoms with Gasteiger partial charge in [-0.25, -0.2) is 0 Å². The van der Waals surface area contributed by atoms with Gasteiger partial charge in [0.25, 0.3) is 0 Å². The molecule has 0 unspecified atom stereocenters. The molecule has 0 saturated carbocycles. The van der Waals surface area contributed by atoms with E-state index in [0.717, 1.165) is 18.5 Å². The van der Waals surface area contributed by atoms with E-state index in [1.165, 1.54) is 5.57 Å². The lowest BCUT2D eigenvalue weighted by molar-refractivity contribution is -0.120. The van der Waals surface area contributed by atoms with Gasteiger partial charge >= 0.3 is 0 Å². The molecule has 0 fully saturated rings. The molecule has 0 aromatic heterocycles. The van der Waals surface area contributed by atoms with Crippen LogP contribution in [-0.2, 0) is 4.79 Å². The molecule has 2 aliphatic rings. The number of carbonyl (C=O) groups is 1. The first-order valence-corrected chi connectivity index (χ1v) is 4.46. The molecule has 0 atom stereocenters. The zero-order valence-corrected chi connectivity index (χ0v) is 7.34. The molecule has 0 aromatic rings. The Kier molecular flexibility index (Phi) is 2.17. The van der Waals surface area contributed by atoms with Gasteiger partial charge in [0.2, 0.25) is 5.91 Å². The summed E-state index contributed by atoms with van der Waals surface area (Å²) in [5, 5.41) is 5.92. The van der Waals surface area contributed by atoms with Crippen LogP contribution in [0.4, 0.5) is 0 Å². The summed E-state index contributed by atoms with van der Waals surface area (Å²) in [5.74, 6) is 0.133. The van der Waals surface area contributed by atoms with Crippen LogP contribution < -0.4 is 10.6 Å². The Labute approximate surface area is 77.2 Å². The standard InChI is InChI=1S/C10H12N2O/c13-10-4-3-8-5-7-11-6-1-2-9(8)12-10/h1,5-7,11H,2-4H2,(H,12,13)/b6-1?,7-5-. The number of carbonyl (C=O) groups excluding carboxylic acids is 1. The second-order valence-electron chi connectivity index (χ2n) is 3.16. The number of hydrogen-bond donors (Lipinski definition) is 2. The minimum absolute atomic E-state index is 0.133. The Morgan fingerprint density at radius 3 is 3.08 bits per heavy atom. The SMILES string of the molecule is O=C1CCC2=C(CC=CN/C=C\2)N1. The van der Waals surface area contributed by atoms with Crippen molar-refractivity contribution in [1.82, 2.24) is 10.6 Å². The van der Waals surface area contributed by atoms with E-state index in [0.29, 0.717) is 6.42 Å². The summed E-state index contributed by atoms with van der Waals surface area (Å²) in [4.78, 5) is 11.1. The molecule has 2 aliphatic heterocycles. The van der Waals surface area contributed by atoms with Crippen LogP contribution in [0, 0.1) is 0 Å². The minimum atomic E-state index is 0.133. The third-order valence-corrected chi connectivity index (χ3v) is 2.22. The van der Waals surface area contributed by atoms with Gasteiger partial charge in [-0.15, -0.1) is 0 Å². The van der Waals surface area contributed by atoms with Crippen molar-refractivity contribution >= 4 is 5.91 Å². The first-order chi connectivity index (χ1) is 6.36. The molecular formula is C10H12N2O. The lowest BCUT2D eigenvalue weighted by Gasteiger charge is -2.19. The van der Waals surface area contributed by atoms with Crippen LogP contribution in [0.3, 0.4) is 0 Å². The van der Waals surface area contributed by atoms with Gasteiger partial charge in [-0.1, -0.05) is 6.08 Å². The highest BCUT2D eigenvalue weighted by atomic mass is 16.1. The van der Waals surface area contributed by atoms with Gasteiger partial charge in [-0.3, -0.25) is 4.79 Å². The van der Waals surface area contributed by atoms with Crippen molar-refractivity contribution in [3.8, 4) is 0 Å². The van der Waals surface area contributed by atoms with Crippen LogP contribution in [0.2, 0.25) is 0 Å². The highest BCUT2D eigenvalue weighted by Crippen LogP contribution is 2.19. The third-order valence-electron chi connectivity index (χ3n) is 2.22. The summed E-state index contributed by atoms with van der Waals surface area (Å²) in [5.41, 5.74) is 2.28. The van der Waals surface area contributed by atoms with Gasteiger partial charge < -0.3 is 10.6 Å². The summed E-state index contributed by atoms with van der Waals surface area (Å²) in [6, 6.07) is 0. The third kappa shape index (κ3) is 1.80. The van der Waals surface area contributed by atoms with E-state index in [4.69, 9.17) is 0 Å². The fraction of sp³-hybridized carbons (Fsp3) is 0.300. The molecule has 0 aliphatic carbocycles. The Morgan fingerprint density at radius 1 is 1.23 bits per heavy atom. The molecule has 0 spiro atoms. The van der Waals surface area contributed by atoms with Crippen LogP contribution in [0.15, 0.2) is 35.8 Å². The Bertz CT molecular complexity index is 313. The summed E-state index contributed by atoms with van der Waals surface area (Å²) < 4.78 is 0. The molecule has 2 rings (SSSR count). The highest BCUT2D eigenvalue weighted by Gasteiger charge is 2.15. The molecule has 3 nitrogen and oxygen atoms in total. The van der Waals surface area contributed by atoms with Crippen LogP contribution in [-0.4, -0.2) is 5.91 Å². The van der Waals surface area contributed by atoms with Crippen LogP contribution >= 0.6 is 0 Å². The van der Waals surface area contributed by atoms with Crippen molar-refractivity contribution in [3.05, 3.63) is 35.8 Å². The molecule has 0 aromatic carbocycles. The van der Waals surface area contributed by atoms with Crippen molar-refractivity contribution < 1.29 is 4.79 Å². The molecule has 1 amide bonds. The fourth-order valence-corrected chi connectivity index (χ4v) is 1.53. The maximum absolute atomic E-state index is 11.1. The van der Waals surface area contributed by atoms with Gasteiger partial charge in [0.1, 0.15) is 0 Å². The van der Waals surface area contributed by atoms with Crippen LogP contribution in [0.25, 0.3) is 0 Å². The largest absolute Gasteiger partial charge is 0.368 e. The topological polar surface area (TPSA) is 41.1 Å². The van der Waals surface area contributed by atoms with E-state index in [1.807, 2.05) is 24.6 Å². The fourth-order valence-electron chi connectivity index (χ4n) is 1.53. The summed E-state index contributed by atoms with van der Waals surface area (Å²) in [6.07, 6.45) is 10.1. The number of allylic oxidation sites excluding steroid dienone is 3. The average molecular weight is 176 g/mol. The molecule has 2 N–H and O–H groups in total. The van der Waals surface area contributed by atoms with Gasteiger partial charge in [0.15, 0.2) is 0 Å². The second kappa shape index (κ2) is 3.47. The van der Waals surface area contributed by atoms with E-state index >= 15 is 0 Å². The summed E-state index contributed by atoms with van der Waals surface area (Å²) in [7, 11) is 0. The average Bonchev–Trinajstić information content (AvgIpc) is 2.08. The molecule has 0 saturated heterocycles. The highest BCUT2D eigenvalue weighted by molar-refractivity contribution is 5.80. The van der Waals surface area contributed by atoms with Crippen molar-refractivity contribution in [2.45, 2.75) is 19.3 Å². The van der Waals surface area contributed by atoms with Crippen molar-refractivity contribution in [3.63, 3.8) is 0 Å². The van der Waals surface area contributed by atoms with E-state index in [9.17, 15) is 4.79 Å². The first kappa shape index (κ1) is 8.10. The van der Waals surface area contributed by atoms with Gasteiger partial charge in [-0.05, 0) is 24.3 Å². The molecule has 0 bridgehead atoms. The number of amides is 1. The molecule has 0 radical (unpaired) electrons. The minimum Gasteiger partial charge on any atom is -0.368 e. The normalized spacial score (nSPS) is 23.8. The maximum Gasteiger partial charge on any atom is 0.224 e. The Hall–Kier alpha value is -1.51. The van der Waals surface area contributed by atoms with Crippen LogP contribution in [0.1, 0.15) is 19.3 Å². The zero-order valence-electron chi connectivity index (χ0n) is 7.34. The molecule has 68 valence electrons. The lowest BCUT2D eigenvalue weighted by Crippen LogP contribution is -2.27. The van der Waals surface area contributed by atoms with Gasteiger partial charge in [0.05, 0.1) is 0 Å². The molecule has 2 heterocycles. The number of rotatable bonds is 0. The van der Waals surface area contributed by atoms with Gasteiger partial charge in [-0.2, -0.15) is 0 Å². The van der Waals surface area contributed by atoms with E-state index < -0.39 is 0 Å². The molecule has 13 heavy (non-hydrogen) atoms. The summed E-state index contributed by atoms with van der Waals surface area (Å²) >= 11 is 0. The quantitative estimate of drug-likeness (QED) is 0.581. The number of nitrogens with one attached hydrogen (secondary N) is 2. The van der Waals surface area contributed by atoms with E-state index in [1.54, 1.807) is 0 Å². The Morgan fingerprint density at radius 2 is 2.15 bits per heavy atom. The van der Waals surface area contributed by atoms with Crippen molar-refractivity contribution in [2.24, 2.45) is 0 Å². The zero-order chi connectivity index (χ0) is 9.10. The predicted octanol–water partition coefficient (Wildman–Crippen LogP) is 1.17. The van der Waals surface area contributed by atoms with E-state index in [2.05, 4.69) is 10.6 Å². The number of hydrogen-bond acceptors (Lipinski definition) is 2. The monoisotopic (exact) mass is 176 g/mol. The predicted molar refractivity (Wildman–Crippen MR) is 50.4 cm³/mol. The van der Waals surface area contributed by atoms with Crippen molar-refractivity contribution in [1.29, 1.82) is 0 Å². The maximum atomic E-state index is 11.1. The molecular weight excluding hydrogens is 164 g/mol. The van der Waals surface area contributed by atoms with Gasteiger partial charge in [0, 0.05) is 24.7 Å². The van der Waals surface area contributed by atoms with Crippen LogP contribution in [0.5, 0.6) is 0 Å². The second-order valence-corrected chi connectivity index (χ2v) is 3.16. The smallest absolute Gasteiger partial charge is 0.224 e. The Balaban J connectivity index is 2.27. The van der Waals surface area contributed by atoms with Crippen molar-refractivity contribution in [2.75, 3.05) is 0 Å². The molecule has 3 heteroatoms.